The van der Waals surface area contributed by atoms with Gasteiger partial charge in [0.15, 0.2) is 6.17 Å². The Balaban J connectivity index is 2.39. The van der Waals surface area contributed by atoms with Gasteiger partial charge in [0.05, 0.1) is 19.5 Å². The van der Waals surface area contributed by atoms with E-state index in [1.54, 1.807) is 4.90 Å². The Morgan fingerprint density at radius 3 is 2.60 bits per heavy atom. The summed E-state index contributed by atoms with van der Waals surface area (Å²) in [6, 6.07) is -3.46. The first-order valence-electron chi connectivity index (χ1n) is 7.01. The molecular weight excluding hydrogens is 273 g/mol. The van der Waals surface area contributed by atoms with Crippen LogP contribution in [0, 0.1) is 0 Å². The van der Waals surface area contributed by atoms with Crippen molar-refractivity contribution in [2.75, 3.05) is 40.2 Å². The van der Waals surface area contributed by atoms with Gasteiger partial charge >= 0.3 is 6.05 Å². The standard InChI is InChI=1S/C13H25F3N2O2/c1-4-11(2)20-8-5-12(14)13(15,16)18-7-6-17(9-18)10-19-3/h11-12H,4-10H2,1-3H3. The first-order chi connectivity index (χ1) is 9.41. The average molecular weight is 298 g/mol. The monoisotopic (exact) mass is 298 g/mol. The van der Waals surface area contributed by atoms with Gasteiger partial charge in [-0.25, -0.2) is 9.29 Å². The van der Waals surface area contributed by atoms with E-state index in [0.29, 0.717) is 6.54 Å². The minimum Gasteiger partial charge on any atom is -0.378 e. The highest BCUT2D eigenvalue weighted by atomic mass is 19.3. The van der Waals surface area contributed by atoms with E-state index in [4.69, 9.17) is 9.47 Å². The fraction of sp³-hybridized carbons (Fsp3) is 1.00. The van der Waals surface area contributed by atoms with Gasteiger partial charge in [-0.05, 0) is 13.3 Å². The zero-order chi connectivity index (χ0) is 15.2. The van der Waals surface area contributed by atoms with Crippen molar-refractivity contribution in [2.45, 2.75) is 45.0 Å². The molecule has 1 rings (SSSR count). The lowest BCUT2D eigenvalue weighted by Gasteiger charge is -2.30. The fourth-order valence-electron chi connectivity index (χ4n) is 2.04. The maximum Gasteiger partial charge on any atom is 0.336 e. The number of hydrogen-bond acceptors (Lipinski definition) is 4. The predicted octanol–water partition coefficient (Wildman–Crippen LogP) is 2.30. The van der Waals surface area contributed by atoms with Crippen LogP contribution < -0.4 is 0 Å². The summed E-state index contributed by atoms with van der Waals surface area (Å²) in [5, 5.41) is 0. The third-order valence-electron chi connectivity index (χ3n) is 3.52. The second-order valence-electron chi connectivity index (χ2n) is 5.15. The number of methoxy groups -OCH3 is 1. The number of halogens is 3. The summed E-state index contributed by atoms with van der Waals surface area (Å²) in [5.74, 6) is 0. The quantitative estimate of drug-likeness (QED) is 0.610. The minimum absolute atomic E-state index is 0.0153. The topological polar surface area (TPSA) is 24.9 Å². The molecule has 0 spiro atoms. The average Bonchev–Trinajstić information content (AvgIpc) is 2.88. The van der Waals surface area contributed by atoms with Gasteiger partial charge < -0.3 is 9.47 Å². The van der Waals surface area contributed by atoms with Crippen LogP contribution in [0.2, 0.25) is 0 Å². The summed E-state index contributed by atoms with van der Waals surface area (Å²) < 4.78 is 51.9. The van der Waals surface area contributed by atoms with Crippen molar-refractivity contribution in [3.8, 4) is 0 Å². The largest absolute Gasteiger partial charge is 0.378 e. The molecule has 1 heterocycles. The maximum absolute atomic E-state index is 14.0. The molecule has 1 saturated heterocycles. The van der Waals surface area contributed by atoms with E-state index < -0.39 is 12.2 Å². The fourth-order valence-corrected chi connectivity index (χ4v) is 2.04. The molecule has 7 heteroatoms. The van der Waals surface area contributed by atoms with E-state index >= 15 is 0 Å². The lowest BCUT2D eigenvalue weighted by Crippen LogP contribution is -2.48. The SMILES string of the molecule is CCC(C)OCCC(F)C(F)(F)N1CCN(COC)C1. The molecule has 4 nitrogen and oxygen atoms in total. The molecular formula is C13H25F3N2O2. The van der Waals surface area contributed by atoms with Crippen LogP contribution >= 0.6 is 0 Å². The van der Waals surface area contributed by atoms with Gasteiger partial charge in [0.25, 0.3) is 0 Å². The number of ether oxygens (including phenoxy) is 2. The van der Waals surface area contributed by atoms with Crippen molar-refractivity contribution in [1.29, 1.82) is 0 Å². The lowest BCUT2D eigenvalue weighted by molar-refractivity contribution is -0.193. The van der Waals surface area contributed by atoms with E-state index in [-0.39, 0.29) is 39.1 Å². The second-order valence-corrected chi connectivity index (χ2v) is 5.15. The number of hydrogen-bond donors (Lipinski definition) is 0. The molecule has 0 bridgehead atoms. The molecule has 1 aliphatic rings. The van der Waals surface area contributed by atoms with E-state index in [9.17, 15) is 13.2 Å². The molecule has 2 atom stereocenters. The summed E-state index contributed by atoms with van der Waals surface area (Å²) in [5.41, 5.74) is 0. The van der Waals surface area contributed by atoms with Crippen LogP contribution in [0.1, 0.15) is 26.7 Å². The Labute approximate surface area is 118 Å². The van der Waals surface area contributed by atoms with Crippen LogP contribution in [0.15, 0.2) is 0 Å². The van der Waals surface area contributed by atoms with Crippen molar-refractivity contribution in [1.82, 2.24) is 9.80 Å². The minimum atomic E-state index is -3.46. The van der Waals surface area contributed by atoms with Crippen LogP contribution in [-0.2, 0) is 9.47 Å². The third kappa shape index (κ3) is 4.87. The summed E-state index contributed by atoms with van der Waals surface area (Å²) >= 11 is 0. The summed E-state index contributed by atoms with van der Waals surface area (Å²) in [6.45, 7) is 4.69. The van der Waals surface area contributed by atoms with Gasteiger partial charge in [0.1, 0.15) is 0 Å². The van der Waals surface area contributed by atoms with Crippen molar-refractivity contribution < 1.29 is 22.6 Å². The van der Waals surface area contributed by atoms with Crippen LogP contribution in [0.4, 0.5) is 13.2 Å². The first kappa shape index (κ1) is 17.7. The van der Waals surface area contributed by atoms with E-state index in [2.05, 4.69) is 0 Å². The molecule has 2 unspecified atom stereocenters. The van der Waals surface area contributed by atoms with Crippen molar-refractivity contribution in [3.63, 3.8) is 0 Å². The smallest absolute Gasteiger partial charge is 0.336 e. The molecule has 0 amide bonds. The van der Waals surface area contributed by atoms with Gasteiger partial charge in [-0.3, -0.25) is 4.90 Å². The van der Waals surface area contributed by atoms with E-state index in [1.807, 2.05) is 13.8 Å². The van der Waals surface area contributed by atoms with Gasteiger partial charge in [0.2, 0.25) is 0 Å². The Kier molecular flexibility index (Phi) is 7.22. The Morgan fingerprint density at radius 1 is 1.30 bits per heavy atom. The van der Waals surface area contributed by atoms with Crippen molar-refractivity contribution in [2.24, 2.45) is 0 Å². The van der Waals surface area contributed by atoms with Crippen molar-refractivity contribution >= 4 is 0 Å². The molecule has 0 aromatic carbocycles. The Bertz CT molecular complexity index is 282. The van der Waals surface area contributed by atoms with Crippen LogP contribution in [0.25, 0.3) is 0 Å². The molecule has 1 aliphatic heterocycles. The third-order valence-corrected chi connectivity index (χ3v) is 3.52. The zero-order valence-corrected chi connectivity index (χ0v) is 12.4. The zero-order valence-electron chi connectivity index (χ0n) is 12.4. The van der Waals surface area contributed by atoms with Crippen LogP contribution in [0.3, 0.4) is 0 Å². The number of nitrogens with zero attached hydrogens (tertiary/aromatic N) is 2. The van der Waals surface area contributed by atoms with Crippen LogP contribution in [-0.4, -0.2) is 68.3 Å². The van der Waals surface area contributed by atoms with Gasteiger partial charge in [-0.15, -0.1) is 0 Å². The molecule has 120 valence electrons. The van der Waals surface area contributed by atoms with Crippen LogP contribution in [0.5, 0.6) is 0 Å². The highest BCUT2D eigenvalue weighted by Gasteiger charge is 2.48. The first-order valence-corrected chi connectivity index (χ1v) is 7.01. The summed E-state index contributed by atoms with van der Waals surface area (Å²) in [6.07, 6.45) is -1.75. The lowest BCUT2D eigenvalue weighted by atomic mass is 10.2. The highest BCUT2D eigenvalue weighted by Crippen LogP contribution is 2.30. The summed E-state index contributed by atoms with van der Waals surface area (Å²) in [4.78, 5) is 2.57. The Morgan fingerprint density at radius 2 is 2.00 bits per heavy atom. The predicted molar refractivity (Wildman–Crippen MR) is 70.3 cm³/mol. The van der Waals surface area contributed by atoms with Gasteiger partial charge in [-0.1, -0.05) is 6.92 Å². The highest BCUT2D eigenvalue weighted by molar-refractivity contribution is 4.82. The molecule has 0 radical (unpaired) electrons. The van der Waals surface area contributed by atoms with E-state index in [1.165, 1.54) is 7.11 Å². The normalized spacial score (nSPS) is 21.3. The molecule has 0 aliphatic carbocycles. The molecule has 0 saturated carbocycles. The maximum atomic E-state index is 14.0. The molecule has 20 heavy (non-hydrogen) atoms. The second kappa shape index (κ2) is 8.17. The number of alkyl halides is 3. The molecule has 1 fully saturated rings. The Hall–Kier alpha value is -0.370. The van der Waals surface area contributed by atoms with Gasteiger partial charge in [0, 0.05) is 33.2 Å². The van der Waals surface area contributed by atoms with Gasteiger partial charge in [-0.2, -0.15) is 8.78 Å². The summed E-state index contributed by atoms with van der Waals surface area (Å²) in [7, 11) is 1.50. The molecule has 0 aromatic rings. The van der Waals surface area contributed by atoms with E-state index in [0.717, 1.165) is 11.3 Å². The van der Waals surface area contributed by atoms with Crippen molar-refractivity contribution in [3.05, 3.63) is 0 Å². The number of rotatable bonds is 9. The molecule has 0 aromatic heterocycles. The molecule has 0 N–H and O–H groups in total.